The van der Waals surface area contributed by atoms with Crippen LogP contribution in [0.3, 0.4) is 0 Å². The fourth-order valence-electron chi connectivity index (χ4n) is 3.63. The van der Waals surface area contributed by atoms with Crippen molar-refractivity contribution in [3.63, 3.8) is 0 Å². The van der Waals surface area contributed by atoms with Gasteiger partial charge in [0.15, 0.2) is 0 Å². The number of hydrogen-bond donors (Lipinski definition) is 2. The van der Waals surface area contributed by atoms with Gasteiger partial charge in [0.05, 0.1) is 17.6 Å². The number of nitrogens with zero attached hydrogens (tertiary/aromatic N) is 1. The zero-order chi connectivity index (χ0) is 22.1. The van der Waals surface area contributed by atoms with E-state index in [1.54, 1.807) is 6.07 Å². The van der Waals surface area contributed by atoms with Gasteiger partial charge in [-0.25, -0.2) is 8.42 Å². The first-order valence-corrected chi connectivity index (χ1v) is 12.2. The van der Waals surface area contributed by atoms with Crippen LogP contribution >= 0.6 is 0 Å². The molecule has 0 radical (unpaired) electrons. The molecule has 0 bridgehead atoms. The number of para-hydroxylation sites is 1. The Morgan fingerprint density at radius 3 is 2.39 bits per heavy atom. The van der Waals surface area contributed by atoms with Crippen LogP contribution in [0.1, 0.15) is 42.5 Å². The van der Waals surface area contributed by atoms with Crippen LogP contribution in [0.5, 0.6) is 5.75 Å². The third-order valence-corrected chi connectivity index (χ3v) is 7.26. The Labute approximate surface area is 184 Å². The smallest absolute Gasteiger partial charge is 0.255 e. The van der Waals surface area contributed by atoms with Crippen molar-refractivity contribution in [3.05, 3.63) is 54.1 Å². The molecule has 1 aliphatic rings. The predicted molar refractivity (Wildman–Crippen MR) is 122 cm³/mol. The minimum Gasteiger partial charge on any atom is -0.496 e. The number of carbonyl (C=O) groups is 1. The molecular weight excluding hydrogens is 414 g/mol. The molecule has 1 fully saturated rings. The quantitative estimate of drug-likeness (QED) is 0.577. The van der Waals surface area contributed by atoms with E-state index in [1.165, 1.54) is 23.5 Å². The van der Waals surface area contributed by atoms with Crippen molar-refractivity contribution >= 4 is 21.6 Å². The highest BCUT2D eigenvalue weighted by atomic mass is 32.2. The fraction of sp³-hybridized carbons (Fsp3) is 0.435. The maximum absolute atomic E-state index is 13.1. The van der Waals surface area contributed by atoms with Crippen LogP contribution in [0.2, 0.25) is 0 Å². The van der Waals surface area contributed by atoms with E-state index in [0.29, 0.717) is 31.9 Å². The van der Waals surface area contributed by atoms with Crippen LogP contribution in [0.15, 0.2) is 53.4 Å². The van der Waals surface area contributed by atoms with Crippen molar-refractivity contribution in [2.45, 2.75) is 37.0 Å². The molecule has 8 heteroatoms. The van der Waals surface area contributed by atoms with E-state index in [9.17, 15) is 13.2 Å². The number of benzene rings is 2. The maximum Gasteiger partial charge on any atom is 0.255 e. The average molecular weight is 446 g/mol. The number of ether oxygens (including phenoxy) is 1. The summed E-state index contributed by atoms with van der Waals surface area (Å²) in [6.07, 6.45) is 4.54. The van der Waals surface area contributed by atoms with Crippen LogP contribution in [0.25, 0.3) is 0 Å². The molecule has 0 aliphatic carbocycles. The zero-order valence-electron chi connectivity index (χ0n) is 18.0. The normalized spacial score (nSPS) is 15.1. The van der Waals surface area contributed by atoms with Crippen molar-refractivity contribution in [2.75, 3.05) is 38.6 Å². The van der Waals surface area contributed by atoms with Gasteiger partial charge in [-0.1, -0.05) is 31.0 Å². The Morgan fingerprint density at radius 2 is 1.71 bits per heavy atom. The molecule has 3 rings (SSSR count). The summed E-state index contributed by atoms with van der Waals surface area (Å²) in [6, 6.07) is 14.3. The summed E-state index contributed by atoms with van der Waals surface area (Å²) in [6.45, 7) is 2.21. The van der Waals surface area contributed by atoms with Gasteiger partial charge in [-0.15, -0.1) is 0 Å². The summed E-state index contributed by atoms with van der Waals surface area (Å²) >= 11 is 0. The van der Waals surface area contributed by atoms with Gasteiger partial charge >= 0.3 is 0 Å². The van der Waals surface area contributed by atoms with Crippen molar-refractivity contribution in [1.82, 2.24) is 9.62 Å². The number of sulfonamides is 1. The van der Waals surface area contributed by atoms with Gasteiger partial charge in [-0.3, -0.25) is 4.79 Å². The number of methoxy groups -OCH3 is 1. The highest BCUT2D eigenvalue weighted by Gasteiger charge is 2.27. The van der Waals surface area contributed by atoms with Crippen molar-refractivity contribution < 1.29 is 17.9 Å². The lowest BCUT2D eigenvalue weighted by molar-refractivity contribution is 0.0950. The molecule has 0 saturated carbocycles. The topological polar surface area (TPSA) is 87.7 Å². The lowest BCUT2D eigenvalue weighted by atomic mass is 10.2. The molecule has 0 spiro atoms. The molecule has 0 unspecified atom stereocenters. The third-order valence-electron chi connectivity index (χ3n) is 5.36. The molecule has 7 nitrogen and oxygen atoms in total. The fourth-order valence-corrected chi connectivity index (χ4v) is 5.17. The number of anilines is 1. The molecule has 1 heterocycles. The number of amides is 1. The Morgan fingerprint density at radius 1 is 1.00 bits per heavy atom. The first kappa shape index (κ1) is 23.1. The first-order valence-electron chi connectivity index (χ1n) is 10.8. The minimum absolute atomic E-state index is 0.131. The second-order valence-corrected chi connectivity index (χ2v) is 9.52. The van der Waals surface area contributed by atoms with Gasteiger partial charge in [0, 0.05) is 31.9 Å². The van der Waals surface area contributed by atoms with Crippen molar-refractivity contribution in [2.24, 2.45) is 0 Å². The summed E-state index contributed by atoms with van der Waals surface area (Å²) in [5.74, 6) is 0.0132. The number of carbonyl (C=O) groups excluding carboxylic acids is 1. The summed E-state index contributed by atoms with van der Waals surface area (Å²) in [4.78, 5) is 12.9. The molecule has 0 aromatic heterocycles. The van der Waals surface area contributed by atoms with Gasteiger partial charge in [0.25, 0.3) is 5.91 Å². The lowest BCUT2D eigenvalue weighted by Crippen LogP contribution is -2.32. The molecule has 168 valence electrons. The second kappa shape index (κ2) is 11.2. The Kier molecular flexibility index (Phi) is 8.31. The summed E-state index contributed by atoms with van der Waals surface area (Å²) < 4.78 is 33.0. The van der Waals surface area contributed by atoms with Gasteiger partial charge < -0.3 is 15.4 Å². The van der Waals surface area contributed by atoms with Crippen LogP contribution in [-0.4, -0.2) is 51.9 Å². The third kappa shape index (κ3) is 6.21. The van der Waals surface area contributed by atoms with Gasteiger partial charge in [0.1, 0.15) is 5.75 Å². The minimum atomic E-state index is -3.64. The summed E-state index contributed by atoms with van der Waals surface area (Å²) in [5.41, 5.74) is 1.26. The first-order chi connectivity index (χ1) is 15.0. The summed E-state index contributed by atoms with van der Waals surface area (Å²) in [5, 5.41) is 6.15. The van der Waals surface area contributed by atoms with Crippen LogP contribution < -0.4 is 15.4 Å². The Bertz CT molecular complexity index is 956. The van der Waals surface area contributed by atoms with Gasteiger partial charge in [-0.2, -0.15) is 4.31 Å². The SMILES string of the molecule is COc1ccc(S(=O)(=O)N2CCCCCC2)cc1C(=O)NCCCNc1ccccc1. The monoisotopic (exact) mass is 445 g/mol. The highest BCUT2D eigenvalue weighted by Crippen LogP contribution is 2.26. The molecule has 2 aromatic carbocycles. The molecule has 31 heavy (non-hydrogen) atoms. The molecular formula is C23H31N3O4S. The molecule has 2 N–H and O–H groups in total. The molecule has 0 atom stereocenters. The van der Waals surface area contributed by atoms with E-state index >= 15 is 0 Å². The van der Waals surface area contributed by atoms with Crippen molar-refractivity contribution in [1.29, 1.82) is 0 Å². The Balaban J connectivity index is 1.63. The Hall–Kier alpha value is -2.58. The van der Waals surface area contributed by atoms with Gasteiger partial charge in [-0.05, 0) is 49.6 Å². The van der Waals surface area contributed by atoms with Crippen LogP contribution in [-0.2, 0) is 10.0 Å². The van der Waals surface area contributed by atoms with E-state index in [1.807, 2.05) is 30.3 Å². The van der Waals surface area contributed by atoms with Crippen LogP contribution in [0.4, 0.5) is 5.69 Å². The molecule has 2 aromatic rings. The number of hydrogen-bond acceptors (Lipinski definition) is 5. The van der Waals surface area contributed by atoms with E-state index in [0.717, 1.165) is 37.8 Å². The largest absolute Gasteiger partial charge is 0.496 e. The summed E-state index contributed by atoms with van der Waals surface area (Å²) in [7, 11) is -2.17. The highest BCUT2D eigenvalue weighted by molar-refractivity contribution is 7.89. The van der Waals surface area contributed by atoms with E-state index < -0.39 is 10.0 Å². The average Bonchev–Trinajstić information content (AvgIpc) is 3.09. The van der Waals surface area contributed by atoms with E-state index in [2.05, 4.69) is 10.6 Å². The van der Waals surface area contributed by atoms with Gasteiger partial charge in [0.2, 0.25) is 10.0 Å². The van der Waals surface area contributed by atoms with Crippen LogP contribution in [0, 0.1) is 0 Å². The number of rotatable bonds is 9. The predicted octanol–water partition coefficient (Wildman–Crippen LogP) is 3.49. The molecule has 1 saturated heterocycles. The molecule has 1 aliphatic heterocycles. The van der Waals surface area contributed by atoms with E-state index in [-0.39, 0.29) is 16.4 Å². The molecule has 1 amide bonds. The van der Waals surface area contributed by atoms with Crippen molar-refractivity contribution in [3.8, 4) is 5.75 Å². The zero-order valence-corrected chi connectivity index (χ0v) is 18.8. The standard InChI is InChI=1S/C23H31N3O4S/c1-30-22-13-12-20(31(28,29)26-16-7-2-3-8-17-26)18-21(22)23(27)25-15-9-14-24-19-10-5-4-6-11-19/h4-6,10-13,18,24H,2-3,7-9,14-17H2,1H3,(H,25,27). The van der Waals surface area contributed by atoms with E-state index in [4.69, 9.17) is 4.74 Å². The number of nitrogens with one attached hydrogen (secondary N) is 2. The second-order valence-electron chi connectivity index (χ2n) is 7.58. The lowest BCUT2D eigenvalue weighted by Gasteiger charge is -2.20. The maximum atomic E-state index is 13.1.